The molecule has 0 aliphatic heterocycles. The molecule has 0 unspecified atom stereocenters. The molecule has 17 heavy (non-hydrogen) atoms. The smallest absolute Gasteiger partial charge is 0.324 e. The predicted molar refractivity (Wildman–Crippen MR) is 63.7 cm³/mol. The van der Waals surface area contributed by atoms with E-state index in [1.54, 1.807) is 19.2 Å². The van der Waals surface area contributed by atoms with Crippen molar-refractivity contribution in [3.8, 4) is 0 Å². The van der Waals surface area contributed by atoms with E-state index in [0.717, 1.165) is 11.3 Å². The van der Waals surface area contributed by atoms with Gasteiger partial charge in [-0.05, 0) is 19.4 Å². The minimum absolute atomic E-state index is 0.0103. The number of hydrogen-bond donors (Lipinski definition) is 1. The lowest BCUT2D eigenvalue weighted by Crippen LogP contribution is -2.37. The number of hydrogen-bond acceptors (Lipinski definition) is 6. The van der Waals surface area contributed by atoms with E-state index in [-0.39, 0.29) is 5.00 Å². The summed E-state index contributed by atoms with van der Waals surface area (Å²) >= 11 is 0.990. The third-order valence-electron chi connectivity index (χ3n) is 2.63. The van der Waals surface area contributed by atoms with Gasteiger partial charge in [0.2, 0.25) is 0 Å². The molecule has 0 aliphatic carbocycles. The Hall–Kier alpha value is -1.47. The van der Waals surface area contributed by atoms with Crippen LogP contribution in [0.4, 0.5) is 5.00 Å². The standard InChI is InChI=1S/C10H14N2O4S/c1-10(2,9(13)16-3)8(11)6-4-7(12(14)15)17-5-6/h4-5,8H,11H2,1-3H3/t8-/m1/s1. The van der Waals surface area contributed by atoms with Gasteiger partial charge < -0.3 is 10.5 Å². The van der Waals surface area contributed by atoms with Gasteiger partial charge in [-0.2, -0.15) is 0 Å². The van der Waals surface area contributed by atoms with Crippen LogP contribution in [0.25, 0.3) is 0 Å². The summed E-state index contributed by atoms with van der Waals surface area (Å²) < 4.78 is 4.66. The van der Waals surface area contributed by atoms with Crippen LogP contribution in [0.3, 0.4) is 0 Å². The topological polar surface area (TPSA) is 95.5 Å². The third-order valence-corrected chi connectivity index (χ3v) is 3.53. The van der Waals surface area contributed by atoms with Crippen molar-refractivity contribution in [1.82, 2.24) is 0 Å². The van der Waals surface area contributed by atoms with Crippen LogP contribution in [-0.4, -0.2) is 18.0 Å². The number of carbonyl (C=O) groups is 1. The zero-order chi connectivity index (χ0) is 13.2. The summed E-state index contributed by atoms with van der Waals surface area (Å²) in [5, 5.41) is 12.2. The second-order valence-corrected chi connectivity index (χ2v) is 5.06. The first-order valence-electron chi connectivity index (χ1n) is 4.87. The van der Waals surface area contributed by atoms with E-state index in [4.69, 9.17) is 5.73 Å². The van der Waals surface area contributed by atoms with E-state index in [2.05, 4.69) is 4.74 Å². The molecule has 0 spiro atoms. The van der Waals surface area contributed by atoms with Crippen LogP contribution in [0.2, 0.25) is 0 Å². The first-order valence-corrected chi connectivity index (χ1v) is 5.75. The molecule has 0 saturated heterocycles. The molecular formula is C10H14N2O4S. The van der Waals surface area contributed by atoms with Crippen LogP contribution in [-0.2, 0) is 9.53 Å². The average molecular weight is 258 g/mol. The lowest BCUT2D eigenvalue weighted by atomic mass is 9.82. The zero-order valence-electron chi connectivity index (χ0n) is 9.80. The van der Waals surface area contributed by atoms with Gasteiger partial charge in [-0.25, -0.2) is 0 Å². The minimum Gasteiger partial charge on any atom is -0.469 e. The molecule has 0 fully saturated rings. The number of carbonyl (C=O) groups excluding carboxylic acids is 1. The van der Waals surface area contributed by atoms with Gasteiger partial charge in [0.15, 0.2) is 0 Å². The Morgan fingerprint density at radius 2 is 2.24 bits per heavy atom. The second kappa shape index (κ2) is 4.80. The molecule has 0 radical (unpaired) electrons. The number of rotatable bonds is 4. The van der Waals surface area contributed by atoms with E-state index >= 15 is 0 Å². The molecule has 6 nitrogen and oxygen atoms in total. The van der Waals surface area contributed by atoms with E-state index in [9.17, 15) is 14.9 Å². The molecule has 0 amide bonds. The highest BCUT2D eigenvalue weighted by Gasteiger charge is 2.37. The highest BCUT2D eigenvalue weighted by atomic mass is 32.1. The summed E-state index contributed by atoms with van der Waals surface area (Å²) in [4.78, 5) is 21.6. The molecule has 7 heteroatoms. The predicted octanol–water partition coefficient (Wildman–Crippen LogP) is 1.86. The quantitative estimate of drug-likeness (QED) is 0.505. The first-order chi connectivity index (χ1) is 7.80. The largest absolute Gasteiger partial charge is 0.469 e. The van der Waals surface area contributed by atoms with Crippen molar-refractivity contribution < 1.29 is 14.5 Å². The van der Waals surface area contributed by atoms with Crippen molar-refractivity contribution in [3.05, 3.63) is 27.1 Å². The highest BCUT2D eigenvalue weighted by Crippen LogP contribution is 2.36. The summed E-state index contributed by atoms with van der Waals surface area (Å²) in [5.41, 5.74) is 5.59. The first kappa shape index (κ1) is 13.6. The van der Waals surface area contributed by atoms with Gasteiger partial charge in [-0.15, -0.1) is 0 Å². The fourth-order valence-corrected chi connectivity index (χ4v) is 2.17. The Bertz CT molecular complexity index is 441. The minimum atomic E-state index is -0.927. The van der Waals surface area contributed by atoms with Crippen LogP contribution in [0.15, 0.2) is 11.4 Å². The average Bonchev–Trinajstić information content (AvgIpc) is 2.75. The number of thiophene rings is 1. The number of ether oxygens (including phenoxy) is 1. The number of methoxy groups -OCH3 is 1. The Kier molecular flexibility index (Phi) is 3.84. The van der Waals surface area contributed by atoms with Crippen LogP contribution < -0.4 is 5.73 Å². The Morgan fingerprint density at radius 1 is 1.65 bits per heavy atom. The van der Waals surface area contributed by atoms with Gasteiger partial charge in [0.1, 0.15) is 0 Å². The number of nitro groups is 1. The van der Waals surface area contributed by atoms with Crippen LogP contribution in [0.1, 0.15) is 25.5 Å². The third kappa shape index (κ3) is 2.62. The summed E-state index contributed by atoms with van der Waals surface area (Å²) in [6, 6.07) is 0.750. The van der Waals surface area contributed by atoms with Gasteiger partial charge in [-0.3, -0.25) is 14.9 Å². The Balaban J connectivity index is 2.99. The molecule has 2 N–H and O–H groups in total. The van der Waals surface area contributed by atoms with Crippen LogP contribution in [0.5, 0.6) is 0 Å². The second-order valence-electron chi connectivity index (χ2n) is 4.17. The molecule has 1 rings (SSSR count). The molecule has 0 bridgehead atoms. The number of nitrogens with two attached hydrogens (primary N) is 1. The van der Waals surface area contributed by atoms with Crippen molar-refractivity contribution in [2.45, 2.75) is 19.9 Å². The monoisotopic (exact) mass is 258 g/mol. The van der Waals surface area contributed by atoms with Gasteiger partial charge in [0.05, 0.1) is 17.4 Å². The molecule has 94 valence electrons. The summed E-state index contributed by atoms with van der Waals surface area (Å²) in [6.45, 7) is 3.29. The highest BCUT2D eigenvalue weighted by molar-refractivity contribution is 7.13. The fraction of sp³-hybridized carbons (Fsp3) is 0.500. The summed E-state index contributed by atoms with van der Waals surface area (Å²) in [7, 11) is 1.28. The van der Waals surface area contributed by atoms with E-state index in [0.29, 0.717) is 5.56 Å². The molecule has 1 aromatic rings. The van der Waals surface area contributed by atoms with Crippen molar-refractivity contribution >= 4 is 22.3 Å². The fourth-order valence-electron chi connectivity index (χ4n) is 1.40. The van der Waals surface area contributed by atoms with Gasteiger partial charge in [0, 0.05) is 17.5 Å². The van der Waals surface area contributed by atoms with Crippen molar-refractivity contribution in [2.24, 2.45) is 11.1 Å². The molecule has 1 atom stereocenters. The summed E-state index contributed by atoms with van der Waals surface area (Å²) in [5.74, 6) is -0.446. The molecule has 1 aromatic heterocycles. The number of esters is 1. The van der Waals surface area contributed by atoms with Gasteiger partial charge in [0.25, 0.3) is 0 Å². The van der Waals surface area contributed by atoms with Crippen LogP contribution >= 0.6 is 11.3 Å². The summed E-state index contributed by atoms with van der Waals surface area (Å²) in [6.07, 6.45) is 0. The molecular weight excluding hydrogens is 244 g/mol. The lowest BCUT2D eigenvalue weighted by Gasteiger charge is -2.27. The van der Waals surface area contributed by atoms with Gasteiger partial charge in [-0.1, -0.05) is 11.3 Å². The SMILES string of the molecule is COC(=O)C(C)(C)[C@H](N)c1csc([N+](=O)[O-])c1. The Labute approximate surface area is 103 Å². The van der Waals surface area contributed by atoms with Crippen LogP contribution in [0, 0.1) is 15.5 Å². The molecule has 0 saturated carbocycles. The Morgan fingerprint density at radius 3 is 2.65 bits per heavy atom. The van der Waals surface area contributed by atoms with E-state index < -0.39 is 22.3 Å². The van der Waals surface area contributed by atoms with E-state index in [1.807, 2.05) is 0 Å². The maximum absolute atomic E-state index is 11.6. The maximum atomic E-state index is 11.6. The molecule has 1 heterocycles. The normalized spacial score (nSPS) is 13.2. The maximum Gasteiger partial charge on any atom is 0.324 e. The molecule has 0 aromatic carbocycles. The zero-order valence-corrected chi connectivity index (χ0v) is 10.6. The van der Waals surface area contributed by atoms with E-state index in [1.165, 1.54) is 13.2 Å². The van der Waals surface area contributed by atoms with Crippen molar-refractivity contribution in [2.75, 3.05) is 7.11 Å². The van der Waals surface area contributed by atoms with Crippen molar-refractivity contribution in [1.29, 1.82) is 0 Å². The van der Waals surface area contributed by atoms with Gasteiger partial charge >= 0.3 is 11.0 Å². The number of nitrogens with zero attached hydrogens (tertiary/aromatic N) is 1. The lowest BCUT2D eigenvalue weighted by molar-refractivity contribution is -0.380. The molecule has 0 aliphatic rings. The van der Waals surface area contributed by atoms with Crippen molar-refractivity contribution in [3.63, 3.8) is 0 Å².